The number of ether oxygens (including phenoxy) is 2. The Labute approximate surface area is 123 Å². The molecule has 0 aromatic heterocycles. The average molecular weight is 300 g/mol. The van der Waals surface area contributed by atoms with Gasteiger partial charge >= 0.3 is 0 Å². The summed E-state index contributed by atoms with van der Waals surface area (Å²) in [6.07, 6.45) is 4.83. The molecule has 0 bridgehead atoms. The van der Waals surface area contributed by atoms with Crippen molar-refractivity contribution in [1.29, 1.82) is 0 Å². The molecule has 116 valence electrons. The monoisotopic (exact) mass is 300 g/mol. The Morgan fingerprint density at radius 3 is 2.25 bits per heavy atom. The summed E-state index contributed by atoms with van der Waals surface area (Å²) in [5.74, 6) is 0. The van der Waals surface area contributed by atoms with Crippen LogP contribution in [0.3, 0.4) is 0 Å². The summed E-state index contributed by atoms with van der Waals surface area (Å²) in [4.78, 5) is 10.5. The van der Waals surface area contributed by atoms with Crippen LogP contribution < -0.4 is 0 Å². The zero-order valence-corrected chi connectivity index (χ0v) is 14.5. The predicted octanol–water partition coefficient (Wildman–Crippen LogP) is 3.31. The lowest BCUT2D eigenvalue weighted by atomic mass is 10.2. The Bertz CT molecular complexity index is 331. The molecule has 5 heteroatoms. The van der Waals surface area contributed by atoms with Gasteiger partial charge in [0.15, 0.2) is 8.32 Å². The molecule has 4 nitrogen and oxygen atoms in total. The summed E-state index contributed by atoms with van der Waals surface area (Å²) >= 11 is 0. The highest BCUT2D eigenvalue weighted by Crippen LogP contribution is 2.38. The van der Waals surface area contributed by atoms with Crippen LogP contribution in [0.2, 0.25) is 18.1 Å². The van der Waals surface area contributed by atoms with E-state index in [9.17, 15) is 4.79 Å². The number of carbonyl (C=O) groups is 1. The van der Waals surface area contributed by atoms with E-state index in [-0.39, 0.29) is 24.0 Å². The van der Waals surface area contributed by atoms with Gasteiger partial charge in [0.25, 0.3) is 0 Å². The standard InChI is InChI=1S/C15H28O4Si/c1-8-13(19-20(6,7)15(2,3)4)14(10-9-11-16)18-12-17-5/h8-11,13-14H,1,12H2,2-7H3/b10-9+/t13-,14-/m1/s1. The van der Waals surface area contributed by atoms with Gasteiger partial charge in [-0.25, -0.2) is 0 Å². The third-order valence-electron chi connectivity index (χ3n) is 3.55. The van der Waals surface area contributed by atoms with Crippen LogP contribution in [0, 0.1) is 0 Å². The van der Waals surface area contributed by atoms with Crippen LogP contribution >= 0.6 is 0 Å². The summed E-state index contributed by atoms with van der Waals surface area (Å²) in [6.45, 7) is 14.8. The molecule has 0 amide bonds. The van der Waals surface area contributed by atoms with Gasteiger partial charge in [-0.1, -0.05) is 26.8 Å². The third-order valence-corrected chi connectivity index (χ3v) is 8.02. The topological polar surface area (TPSA) is 44.8 Å². The minimum absolute atomic E-state index is 0.0917. The maximum Gasteiger partial charge on any atom is 0.193 e. The molecular formula is C15H28O4Si. The average Bonchev–Trinajstić information content (AvgIpc) is 2.35. The van der Waals surface area contributed by atoms with Crippen molar-refractivity contribution in [2.45, 2.75) is 51.1 Å². The van der Waals surface area contributed by atoms with Crippen molar-refractivity contribution in [3.05, 3.63) is 24.8 Å². The number of aldehydes is 1. The van der Waals surface area contributed by atoms with Crippen LogP contribution in [-0.4, -0.2) is 40.7 Å². The van der Waals surface area contributed by atoms with Gasteiger partial charge in [-0.15, -0.1) is 6.58 Å². The van der Waals surface area contributed by atoms with Crippen LogP contribution in [0.25, 0.3) is 0 Å². The first-order valence-corrected chi connectivity index (χ1v) is 9.63. The molecule has 2 atom stereocenters. The van der Waals surface area contributed by atoms with E-state index < -0.39 is 8.32 Å². The van der Waals surface area contributed by atoms with Crippen molar-refractivity contribution in [3.63, 3.8) is 0 Å². The fourth-order valence-corrected chi connectivity index (χ4v) is 2.59. The largest absolute Gasteiger partial charge is 0.408 e. The molecule has 0 aromatic carbocycles. The zero-order chi connectivity index (χ0) is 15.8. The lowest BCUT2D eigenvalue weighted by molar-refractivity contribution is -0.104. The Morgan fingerprint density at radius 2 is 1.85 bits per heavy atom. The highest BCUT2D eigenvalue weighted by atomic mass is 28.4. The number of allylic oxidation sites excluding steroid dienone is 1. The van der Waals surface area contributed by atoms with Gasteiger partial charge in [-0.05, 0) is 30.3 Å². The molecule has 0 saturated heterocycles. The van der Waals surface area contributed by atoms with Gasteiger partial charge in [-0.2, -0.15) is 0 Å². The fraction of sp³-hybridized carbons (Fsp3) is 0.667. The van der Waals surface area contributed by atoms with E-state index in [1.807, 2.05) is 0 Å². The lowest BCUT2D eigenvalue weighted by Crippen LogP contribution is -2.46. The Morgan fingerprint density at radius 1 is 1.25 bits per heavy atom. The fourth-order valence-electron chi connectivity index (χ4n) is 1.33. The highest BCUT2D eigenvalue weighted by molar-refractivity contribution is 6.74. The molecular weight excluding hydrogens is 272 g/mol. The second-order valence-corrected chi connectivity index (χ2v) is 10.9. The van der Waals surface area contributed by atoms with Crippen molar-refractivity contribution in [1.82, 2.24) is 0 Å². The van der Waals surface area contributed by atoms with E-state index >= 15 is 0 Å². The van der Waals surface area contributed by atoms with Crippen molar-refractivity contribution >= 4 is 14.6 Å². The predicted molar refractivity (Wildman–Crippen MR) is 84.2 cm³/mol. The quantitative estimate of drug-likeness (QED) is 0.215. The first-order chi connectivity index (χ1) is 9.19. The van der Waals surface area contributed by atoms with E-state index in [1.165, 1.54) is 6.08 Å². The molecule has 0 spiro atoms. The summed E-state index contributed by atoms with van der Waals surface area (Å²) in [5.41, 5.74) is 0. The van der Waals surface area contributed by atoms with E-state index in [0.717, 1.165) is 6.29 Å². The van der Waals surface area contributed by atoms with E-state index in [0.29, 0.717) is 0 Å². The van der Waals surface area contributed by atoms with Crippen molar-refractivity contribution in [2.75, 3.05) is 13.9 Å². The Hall–Kier alpha value is -0.753. The minimum atomic E-state index is -1.94. The number of hydrogen-bond acceptors (Lipinski definition) is 4. The van der Waals surface area contributed by atoms with Crippen LogP contribution in [0.4, 0.5) is 0 Å². The molecule has 0 aromatic rings. The molecule has 0 rings (SSSR count). The molecule has 0 N–H and O–H groups in total. The normalized spacial score (nSPS) is 16.1. The zero-order valence-electron chi connectivity index (χ0n) is 13.5. The molecule has 0 heterocycles. The van der Waals surface area contributed by atoms with Crippen LogP contribution in [-0.2, 0) is 18.7 Å². The Balaban J connectivity index is 5.02. The number of methoxy groups -OCH3 is 1. The molecule has 0 aliphatic carbocycles. The Kier molecular flexibility index (Phi) is 8.19. The second kappa shape index (κ2) is 8.52. The maximum atomic E-state index is 10.5. The molecule has 0 aliphatic heterocycles. The second-order valence-electron chi connectivity index (χ2n) is 6.14. The van der Waals surface area contributed by atoms with Crippen molar-refractivity contribution < 1.29 is 18.7 Å². The van der Waals surface area contributed by atoms with Crippen LogP contribution in [0.15, 0.2) is 24.8 Å². The molecule has 0 unspecified atom stereocenters. The van der Waals surface area contributed by atoms with Gasteiger partial charge in [0.2, 0.25) is 0 Å². The molecule has 20 heavy (non-hydrogen) atoms. The minimum Gasteiger partial charge on any atom is -0.408 e. The number of rotatable bonds is 9. The van der Waals surface area contributed by atoms with E-state index in [4.69, 9.17) is 13.9 Å². The van der Waals surface area contributed by atoms with Gasteiger partial charge < -0.3 is 13.9 Å². The number of hydrogen-bond donors (Lipinski definition) is 0. The highest BCUT2D eigenvalue weighted by Gasteiger charge is 2.40. The van der Waals surface area contributed by atoms with Gasteiger partial charge in [0.05, 0.1) is 6.10 Å². The van der Waals surface area contributed by atoms with Crippen LogP contribution in [0.1, 0.15) is 20.8 Å². The van der Waals surface area contributed by atoms with Crippen LogP contribution in [0.5, 0.6) is 0 Å². The lowest BCUT2D eigenvalue weighted by Gasteiger charge is -2.40. The number of carbonyl (C=O) groups excluding carboxylic acids is 1. The van der Waals surface area contributed by atoms with Crippen molar-refractivity contribution in [2.24, 2.45) is 0 Å². The first-order valence-electron chi connectivity index (χ1n) is 6.72. The van der Waals surface area contributed by atoms with Crippen molar-refractivity contribution in [3.8, 4) is 0 Å². The van der Waals surface area contributed by atoms with Gasteiger partial charge in [-0.3, -0.25) is 4.79 Å². The molecule has 0 saturated carbocycles. The van der Waals surface area contributed by atoms with E-state index in [1.54, 1.807) is 19.3 Å². The molecule has 0 fully saturated rings. The SMILES string of the molecule is C=C[C@@H](O[Si](C)(C)C(C)(C)C)[C@@H](/C=C/C=O)OCOC. The summed E-state index contributed by atoms with van der Waals surface area (Å²) in [7, 11) is -0.391. The first kappa shape index (κ1) is 19.2. The van der Waals surface area contributed by atoms with E-state index in [2.05, 4.69) is 40.4 Å². The third kappa shape index (κ3) is 6.13. The summed E-state index contributed by atoms with van der Waals surface area (Å²) in [6, 6.07) is 0. The van der Waals surface area contributed by atoms with Gasteiger partial charge in [0, 0.05) is 7.11 Å². The molecule has 0 radical (unpaired) electrons. The molecule has 0 aliphatic rings. The summed E-state index contributed by atoms with van der Waals surface area (Å²) < 4.78 is 16.8. The maximum absolute atomic E-state index is 10.5. The smallest absolute Gasteiger partial charge is 0.193 e. The van der Waals surface area contributed by atoms with Gasteiger partial charge in [0.1, 0.15) is 19.2 Å². The summed E-state index contributed by atoms with van der Waals surface area (Å²) in [5, 5.41) is 0.0917.